The van der Waals surface area contributed by atoms with Crippen LogP contribution in [0.4, 0.5) is 26.3 Å². The minimum Gasteiger partial charge on any atom is -0.493 e. The molecule has 1 aliphatic rings. The second-order valence-electron chi connectivity index (χ2n) is 6.04. The van der Waals surface area contributed by atoms with Gasteiger partial charge in [-0.05, 0) is 18.2 Å². The summed E-state index contributed by atoms with van der Waals surface area (Å²) in [5.41, 5.74) is -1.25. The number of benzene rings is 1. The number of hydrogen-bond acceptors (Lipinski definition) is 2. The van der Waals surface area contributed by atoms with E-state index >= 15 is 0 Å². The van der Waals surface area contributed by atoms with Crippen LogP contribution in [0.15, 0.2) is 35.5 Å². The van der Waals surface area contributed by atoms with Crippen molar-refractivity contribution in [2.24, 2.45) is 12.0 Å². The number of halogens is 7. The Bertz CT molecular complexity index is 906. The van der Waals surface area contributed by atoms with Gasteiger partial charge < -0.3 is 9.30 Å². The number of rotatable bonds is 1. The molecule has 1 unspecified atom stereocenters. The molecule has 3 nitrogen and oxygen atoms in total. The number of fused-ring (bicyclic) bond motifs is 1. The van der Waals surface area contributed by atoms with Crippen LogP contribution >= 0.6 is 11.6 Å². The van der Waals surface area contributed by atoms with Crippen molar-refractivity contribution in [2.45, 2.75) is 24.8 Å². The van der Waals surface area contributed by atoms with Gasteiger partial charge >= 0.3 is 12.4 Å². The molecule has 1 aromatic heterocycles. The van der Waals surface area contributed by atoms with E-state index in [2.05, 4.69) is 4.99 Å². The molecule has 0 N–H and O–H groups in total. The van der Waals surface area contributed by atoms with Gasteiger partial charge in [-0.1, -0.05) is 17.7 Å². The fourth-order valence-corrected chi connectivity index (χ4v) is 3.11. The van der Waals surface area contributed by atoms with Gasteiger partial charge in [0.05, 0.1) is 28.8 Å². The van der Waals surface area contributed by atoms with E-state index in [4.69, 9.17) is 16.3 Å². The van der Waals surface area contributed by atoms with Crippen molar-refractivity contribution in [1.82, 2.24) is 4.57 Å². The Labute approximate surface area is 154 Å². The molecule has 27 heavy (non-hydrogen) atoms. The topological polar surface area (TPSA) is 26.5 Å². The van der Waals surface area contributed by atoms with E-state index in [1.165, 1.54) is 13.1 Å². The van der Waals surface area contributed by atoms with E-state index in [-0.39, 0.29) is 22.9 Å². The van der Waals surface area contributed by atoms with Gasteiger partial charge in [0.2, 0.25) is 0 Å². The minimum atomic E-state index is -4.56. The fourth-order valence-electron chi connectivity index (χ4n) is 2.81. The molecule has 0 amide bonds. The molecule has 0 saturated heterocycles. The number of nitrogens with zero attached hydrogens (tertiary/aromatic N) is 2. The summed E-state index contributed by atoms with van der Waals surface area (Å²) < 4.78 is 83.6. The van der Waals surface area contributed by atoms with Crippen LogP contribution in [-0.2, 0) is 19.4 Å². The molecule has 1 atom stereocenters. The summed E-state index contributed by atoms with van der Waals surface area (Å²) in [5.74, 6) is 0.0514. The largest absolute Gasteiger partial charge is 0.493 e. The van der Waals surface area contributed by atoms with Gasteiger partial charge in [0.1, 0.15) is 11.2 Å². The first-order valence-corrected chi connectivity index (χ1v) is 8.16. The first-order chi connectivity index (χ1) is 12.5. The summed E-state index contributed by atoms with van der Waals surface area (Å²) in [6, 6.07) is 3.27. The zero-order chi connectivity index (χ0) is 20.0. The lowest BCUT2D eigenvalue weighted by molar-refractivity contribution is -0.138. The summed E-state index contributed by atoms with van der Waals surface area (Å²) in [7, 11) is 1.37. The van der Waals surface area contributed by atoms with E-state index in [9.17, 15) is 26.3 Å². The quantitative estimate of drug-likeness (QED) is 0.598. The van der Waals surface area contributed by atoms with E-state index in [1.54, 1.807) is 0 Å². The Kier molecular flexibility index (Phi) is 4.92. The highest BCUT2D eigenvalue weighted by Gasteiger charge is 2.33. The van der Waals surface area contributed by atoms with Gasteiger partial charge in [0.25, 0.3) is 0 Å². The first-order valence-electron chi connectivity index (χ1n) is 7.78. The van der Waals surface area contributed by atoms with Crippen LogP contribution in [0.3, 0.4) is 0 Å². The van der Waals surface area contributed by atoms with Gasteiger partial charge in [0, 0.05) is 25.2 Å². The molecule has 1 aliphatic heterocycles. The van der Waals surface area contributed by atoms with Gasteiger partial charge in [-0.2, -0.15) is 26.3 Å². The van der Waals surface area contributed by atoms with Crippen LogP contribution in [0.2, 0.25) is 5.02 Å². The van der Waals surface area contributed by atoms with Crippen molar-refractivity contribution in [3.05, 3.63) is 57.7 Å². The average molecular weight is 411 g/mol. The van der Waals surface area contributed by atoms with Crippen molar-refractivity contribution in [3.8, 4) is 5.75 Å². The number of pyridine rings is 1. The SMILES string of the molecule is Cn1cc(C(F)(F)F)cc(Cl)/c1=N/C1CCOc2cc(C(F)(F)F)ccc21. The number of aryl methyl sites for hydroxylation is 1. The van der Waals surface area contributed by atoms with Crippen molar-refractivity contribution in [1.29, 1.82) is 0 Å². The number of aromatic nitrogens is 1. The van der Waals surface area contributed by atoms with Crippen molar-refractivity contribution in [3.63, 3.8) is 0 Å². The van der Waals surface area contributed by atoms with Crippen molar-refractivity contribution in [2.75, 3.05) is 6.61 Å². The third-order valence-electron chi connectivity index (χ3n) is 4.12. The summed E-state index contributed by atoms with van der Waals surface area (Å²) in [6.07, 6.45) is -7.85. The number of ether oxygens (including phenoxy) is 1. The molecular weight excluding hydrogens is 398 g/mol. The van der Waals surface area contributed by atoms with Crippen LogP contribution in [0.1, 0.15) is 29.2 Å². The Balaban J connectivity index is 2.05. The first kappa shape index (κ1) is 19.6. The smallest absolute Gasteiger partial charge is 0.417 e. The Morgan fingerprint density at radius 2 is 1.74 bits per heavy atom. The standard InChI is InChI=1S/C17H13ClF6N2O/c1-26-8-10(17(22,23)24)6-12(18)15(26)25-13-4-5-27-14-7-9(16(19,20)21)2-3-11(13)14/h2-3,6-8,13H,4-5H2,1H3/b25-15-. The summed E-state index contributed by atoms with van der Waals surface area (Å²) in [4.78, 5) is 4.38. The minimum absolute atomic E-state index is 0.0514. The molecule has 1 aromatic carbocycles. The Morgan fingerprint density at radius 1 is 1.07 bits per heavy atom. The maximum absolute atomic E-state index is 12.9. The van der Waals surface area contributed by atoms with E-state index in [1.807, 2.05) is 0 Å². The molecule has 0 bridgehead atoms. The summed E-state index contributed by atoms with van der Waals surface area (Å²) in [6.45, 7) is 0.129. The Morgan fingerprint density at radius 3 is 2.33 bits per heavy atom. The third kappa shape index (κ3) is 4.07. The highest BCUT2D eigenvalue weighted by atomic mass is 35.5. The lowest BCUT2D eigenvalue weighted by Gasteiger charge is -2.24. The molecule has 0 radical (unpaired) electrons. The van der Waals surface area contributed by atoms with Gasteiger partial charge in [0.15, 0.2) is 0 Å². The van der Waals surface area contributed by atoms with E-state index in [0.717, 1.165) is 29.0 Å². The fraction of sp³-hybridized carbons (Fsp3) is 0.353. The van der Waals surface area contributed by atoms with E-state index < -0.39 is 29.5 Å². The number of alkyl halides is 6. The molecule has 10 heteroatoms. The van der Waals surface area contributed by atoms with Crippen molar-refractivity contribution >= 4 is 11.6 Å². The van der Waals surface area contributed by atoms with Gasteiger partial charge in [-0.15, -0.1) is 0 Å². The second kappa shape index (κ2) is 6.78. The Hall–Kier alpha value is -2.16. The molecule has 146 valence electrons. The molecular formula is C17H13ClF6N2O. The average Bonchev–Trinajstić information content (AvgIpc) is 2.55. The highest BCUT2D eigenvalue weighted by molar-refractivity contribution is 6.30. The van der Waals surface area contributed by atoms with Crippen LogP contribution in [0, 0.1) is 0 Å². The predicted molar refractivity (Wildman–Crippen MR) is 85.3 cm³/mol. The zero-order valence-electron chi connectivity index (χ0n) is 13.8. The van der Waals surface area contributed by atoms with Gasteiger partial charge in [-0.3, -0.25) is 4.99 Å². The maximum atomic E-state index is 12.9. The van der Waals surface area contributed by atoms with Gasteiger partial charge in [-0.25, -0.2) is 0 Å². The molecule has 3 rings (SSSR count). The lowest BCUT2D eigenvalue weighted by Crippen LogP contribution is -2.24. The van der Waals surface area contributed by atoms with Crippen LogP contribution in [0.25, 0.3) is 0 Å². The second-order valence-corrected chi connectivity index (χ2v) is 6.45. The lowest BCUT2D eigenvalue weighted by atomic mass is 9.99. The monoisotopic (exact) mass is 410 g/mol. The van der Waals surface area contributed by atoms with Crippen LogP contribution in [-0.4, -0.2) is 11.2 Å². The van der Waals surface area contributed by atoms with Crippen molar-refractivity contribution < 1.29 is 31.1 Å². The molecule has 0 spiro atoms. The molecule has 0 aliphatic carbocycles. The molecule has 2 heterocycles. The van der Waals surface area contributed by atoms with Crippen LogP contribution in [0.5, 0.6) is 5.75 Å². The van der Waals surface area contributed by atoms with E-state index in [0.29, 0.717) is 12.0 Å². The zero-order valence-corrected chi connectivity index (χ0v) is 14.6. The number of hydrogen-bond donors (Lipinski definition) is 0. The highest BCUT2D eigenvalue weighted by Crippen LogP contribution is 2.39. The van der Waals surface area contributed by atoms with Crippen LogP contribution < -0.4 is 10.2 Å². The summed E-state index contributed by atoms with van der Waals surface area (Å²) in [5, 5.41) is -0.202. The third-order valence-corrected chi connectivity index (χ3v) is 4.39. The predicted octanol–water partition coefficient (Wildman–Crippen LogP) is 5.14. The molecule has 2 aromatic rings. The summed E-state index contributed by atoms with van der Waals surface area (Å²) >= 11 is 5.98. The maximum Gasteiger partial charge on any atom is 0.417 e. The molecule has 0 saturated carbocycles. The molecule has 0 fully saturated rings. The normalized spacial score (nSPS) is 18.2.